The smallest absolute Gasteiger partial charge is 0.0740 e. The molecule has 0 spiro atoms. The van der Waals surface area contributed by atoms with Gasteiger partial charge in [-0.25, -0.2) is 0 Å². The Morgan fingerprint density at radius 3 is 1.37 bits per heavy atom. The van der Waals surface area contributed by atoms with Gasteiger partial charge in [0.1, 0.15) is 0 Å². The van der Waals surface area contributed by atoms with Crippen molar-refractivity contribution in [3.63, 3.8) is 0 Å². The van der Waals surface area contributed by atoms with Gasteiger partial charge in [-0.15, -0.1) is 0 Å². The quantitative estimate of drug-likeness (QED) is 0.143. The average molecular weight is 875 g/mol. The van der Waals surface area contributed by atoms with Crippen LogP contribution in [0.1, 0.15) is 31.8 Å². The van der Waals surface area contributed by atoms with Crippen LogP contribution in [-0.4, -0.2) is 4.57 Å². The fraction of sp³-hybridized carbons (Fsp3) is 0.0154. The van der Waals surface area contributed by atoms with E-state index in [0.29, 0.717) is 0 Å². The molecule has 0 N–H and O–H groups in total. The summed E-state index contributed by atoms with van der Waals surface area (Å²) >= 11 is 0. The van der Waals surface area contributed by atoms with Crippen LogP contribution in [0.5, 0.6) is 0 Å². The first-order valence-electron chi connectivity index (χ1n) is 26.4. The number of nitrogens with zero attached hydrogens (tertiary/aromatic N) is 3. The Hall–Kier alpha value is -8.92. The summed E-state index contributed by atoms with van der Waals surface area (Å²) < 4.78 is 69.1. The molecule has 0 aliphatic heterocycles. The van der Waals surface area contributed by atoms with Crippen molar-refractivity contribution in [1.29, 1.82) is 0 Å². The molecule has 0 amide bonds. The second kappa shape index (κ2) is 16.2. The number of anilines is 6. The van der Waals surface area contributed by atoms with E-state index in [0.717, 1.165) is 89.4 Å². The van der Waals surface area contributed by atoms with Crippen LogP contribution in [0.4, 0.5) is 34.1 Å². The van der Waals surface area contributed by atoms with Gasteiger partial charge in [0.25, 0.3) is 0 Å². The van der Waals surface area contributed by atoms with Crippen molar-refractivity contribution in [1.82, 2.24) is 4.57 Å². The van der Waals surface area contributed by atoms with Crippen LogP contribution in [0.15, 0.2) is 273 Å². The zero-order valence-corrected chi connectivity index (χ0v) is 36.8. The summed E-state index contributed by atoms with van der Waals surface area (Å²) in [6.07, 6.45) is 0. The predicted octanol–water partition coefficient (Wildman–Crippen LogP) is 17.2. The Balaban J connectivity index is 1.26. The molecule has 0 atom stereocenters. The SMILES string of the molecule is [2H]c1c([2H])c([2H])c2c(C3(c4cccc5c6ccccc6n(-c6ccccc6)c45)c4ccc(N(c5ccccc5)c5ccccc5)cc4-c4cc(N(c5ccccc5)c5ccccc5)ccc43)c([2H])c([2H])c([2H])c2c1[2H]. The van der Waals surface area contributed by atoms with Gasteiger partial charge in [-0.3, -0.25) is 0 Å². The third-order valence-corrected chi connectivity index (χ3v) is 13.5. The molecular formula is C65H45N3. The highest BCUT2D eigenvalue weighted by Gasteiger charge is 2.49. The number of para-hydroxylation sites is 7. The molecule has 1 aromatic heterocycles. The van der Waals surface area contributed by atoms with E-state index < -0.39 is 35.6 Å². The van der Waals surface area contributed by atoms with E-state index in [9.17, 15) is 8.22 Å². The van der Waals surface area contributed by atoms with Crippen LogP contribution >= 0.6 is 0 Å². The van der Waals surface area contributed by atoms with E-state index in [1.165, 1.54) is 0 Å². The van der Waals surface area contributed by atoms with Gasteiger partial charge in [0, 0.05) is 50.6 Å². The zero-order valence-electron chi connectivity index (χ0n) is 43.8. The minimum Gasteiger partial charge on any atom is -0.310 e. The molecular weight excluding hydrogens is 823 g/mol. The normalized spacial score (nSPS) is 14.0. The molecule has 1 heterocycles. The number of rotatable bonds is 9. The number of benzene rings is 11. The van der Waals surface area contributed by atoms with Gasteiger partial charge in [-0.05, 0) is 135 Å². The van der Waals surface area contributed by atoms with E-state index >= 15 is 0 Å². The van der Waals surface area contributed by atoms with E-state index in [2.05, 4.69) is 136 Å². The fourth-order valence-corrected chi connectivity index (χ4v) is 10.7. The van der Waals surface area contributed by atoms with Crippen LogP contribution in [0.2, 0.25) is 0 Å². The molecule has 0 bridgehead atoms. The van der Waals surface area contributed by atoms with Gasteiger partial charge < -0.3 is 14.4 Å². The van der Waals surface area contributed by atoms with Crippen molar-refractivity contribution in [2.45, 2.75) is 5.41 Å². The van der Waals surface area contributed by atoms with Crippen molar-refractivity contribution in [2.75, 3.05) is 9.80 Å². The maximum absolute atomic E-state index is 10.4. The Morgan fingerprint density at radius 1 is 0.338 bits per heavy atom. The highest BCUT2D eigenvalue weighted by Crippen LogP contribution is 2.61. The highest BCUT2D eigenvalue weighted by molar-refractivity contribution is 6.12. The number of hydrogen-bond acceptors (Lipinski definition) is 2. The van der Waals surface area contributed by atoms with E-state index in [4.69, 9.17) is 1.37 Å². The lowest BCUT2D eigenvalue weighted by molar-refractivity contribution is 0.780. The Morgan fingerprint density at radius 2 is 0.809 bits per heavy atom. The van der Waals surface area contributed by atoms with Crippen molar-refractivity contribution in [3.8, 4) is 16.8 Å². The van der Waals surface area contributed by atoms with Gasteiger partial charge in [0.2, 0.25) is 0 Å². The highest BCUT2D eigenvalue weighted by atomic mass is 15.1. The first-order valence-corrected chi connectivity index (χ1v) is 22.9. The second-order valence-corrected chi connectivity index (χ2v) is 17.1. The lowest BCUT2D eigenvalue weighted by atomic mass is 9.66. The van der Waals surface area contributed by atoms with Gasteiger partial charge in [-0.1, -0.05) is 182 Å². The lowest BCUT2D eigenvalue weighted by Crippen LogP contribution is -2.30. The van der Waals surface area contributed by atoms with Gasteiger partial charge in [0.05, 0.1) is 26.0 Å². The summed E-state index contributed by atoms with van der Waals surface area (Å²) in [5.41, 5.74) is 10.7. The van der Waals surface area contributed by atoms with Crippen molar-refractivity contribution >= 4 is 66.7 Å². The van der Waals surface area contributed by atoms with Crippen molar-refractivity contribution in [2.24, 2.45) is 0 Å². The molecule has 3 nitrogen and oxygen atoms in total. The maximum Gasteiger partial charge on any atom is 0.0740 e. The molecule has 0 unspecified atom stereocenters. The fourth-order valence-electron chi connectivity index (χ4n) is 10.7. The van der Waals surface area contributed by atoms with Crippen LogP contribution in [0.25, 0.3) is 49.4 Å². The minimum atomic E-state index is -1.56. The van der Waals surface area contributed by atoms with E-state index in [-0.39, 0.29) is 28.4 Å². The average Bonchev–Trinajstić information content (AvgIpc) is 4.11. The molecule has 0 radical (unpaired) electrons. The molecule has 0 saturated carbocycles. The van der Waals surface area contributed by atoms with Gasteiger partial charge >= 0.3 is 0 Å². The predicted molar refractivity (Wildman–Crippen MR) is 285 cm³/mol. The first kappa shape index (κ1) is 32.7. The largest absolute Gasteiger partial charge is 0.310 e. The second-order valence-electron chi connectivity index (χ2n) is 17.1. The third kappa shape index (κ3) is 6.13. The number of hydrogen-bond donors (Lipinski definition) is 0. The molecule has 11 aromatic carbocycles. The zero-order chi connectivity index (χ0) is 51.1. The van der Waals surface area contributed by atoms with E-state index in [1.54, 1.807) is 0 Å². The summed E-state index contributed by atoms with van der Waals surface area (Å²) in [6, 6.07) is 75.4. The Labute approximate surface area is 406 Å². The minimum absolute atomic E-state index is 0.0312. The van der Waals surface area contributed by atoms with Crippen LogP contribution in [0.3, 0.4) is 0 Å². The van der Waals surface area contributed by atoms with Crippen molar-refractivity contribution in [3.05, 3.63) is 295 Å². The number of aromatic nitrogens is 1. The van der Waals surface area contributed by atoms with E-state index in [1.807, 2.05) is 109 Å². The molecule has 3 heteroatoms. The summed E-state index contributed by atoms with van der Waals surface area (Å²) in [6.45, 7) is 0. The molecule has 0 fully saturated rings. The molecule has 68 heavy (non-hydrogen) atoms. The molecule has 1 aliphatic carbocycles. The third-order valence-electron chi connectivity index (χ3n) is 13.5. The molecule has 13 rings (SSSR count). The van der Waals surface area contributed by atoms with Crippen LogP contribution < -0.4 is 9.80 Å². The Kier molecular flexibility index (Phi) is 7.79. The topological polar surface area (TPSA) is 11.4 Å². The number of fused-ring (bicyclic) bond motifs is 7. The van der Waals surface area contributed by atoms with Crippen LogP contribution in [0, 0.1) is 0 Å². The summed E-state index contributed by atoms with van der Waals surface area (Å²) in [7, 11) is 0. The monoisotopic (exact) mass is 874 g/mol. The lowest BCUT2D eigenvalue weighted by Gasteiger charge is -2.36. The summed E-state index contributed by atoms with van der Waals surface area (Å²) in [5, 5.41) is 1.87. The molecule has 0 saturated heterocycles. The van der Waals surface area contributed by atoms with Gasteiger partial charge in [-0.2, -0.15) is 0 Å². The van der Waals surface area contributed by atoms with Crippen LogP contribution in [-0.2, 0) is 5.41 Å². The van der Waals surface area contributed by atoms with Gasteiger partial charge in [0.15, 0.2) is 0 Å². The standard InChI is InChI=1S/C65H45N3/c1-6-24-47(25-7-1)66(48-26-8-2-9-27-48)52-40-42-60-57(44-52)58-45-53(67(49-28-10-3-11-29-49)50-30-12-4-13-31-50)41-43-61(58)65(60,59-37-20-23-46-22-16-17-34-54(46)59)62-38-21-36-56-55-35-18-19-39-63(55)68(64(56)62)51-32-14-5-15-33-51/h1-45H/i16D,17D,20D,22D,23D,34D,37D. The molecule has 320 valence electrons. The Bertz CT molecular complexity index is 3990. The first-order chi connectivity index (χ1) is 36.7. The van der Waals surface area contributed by atoms with Crippen molar-refractivity contribution < 1.29 is 9.60 Å². The molecule has 1 aliphatic rings. The molecule has 12 aromatic rings. The summed E-state index contributed by atoms with van der Waals surface area (Å²) in [5.74, 6) is 0. The maximum atomic E-state index is 10.4. The summed E-state index contributed by atoms with van der Waals surface area (Å²) in [4.78, 5) is 4.44.